The van der Waals surface area contributed by atoms with Gasteiger partial charge >= 0.3 is 0 Å². The topological polar surface area (TPSA) is 74.6 Å². The van der Waals surface area contributed by atoms with Crippen molar-refractivity contribution in [3.05, 3.63) is 83.7 Å². The molecule has 2 N–H and O–H groups in total. The predicted molar refractivity (Wildman–Crippen MR) is 140 cm³/mol. The molecule has 0 bridgehead atoms. The van der Waals surface area contributed by atoms with E-state index in [1.165, 1.54) is 0 Å². The first-order valence-corrected chi connectivity index (χ1v) is 10.3. The Bertz CT molecular complexity index is 1030. The molecule has 8 heteroatoms. The number of para-hydroxylation sites is 1. The lowest BCUT2D eigenvalue weighted by Gasteiger charge is -2.20. The number of carbonyl (C=O) groups excluding carboxylic acids is 1. The van der Waals surface area contributed by atoms with E-state index in [-0.39, 0.29) is 42.5 Å². The first-order chi connectivity index (χ1) is 14.9. The smallest absolute Gasteiger partial charge is 0.241 e. The van der Waals surface area contributed by atoms with E-state index in [2.05, 4.69) is 34.8 Å². The van der Waals surface area contributed by atoms with Crippen molar-refractivity contribution in [2.45, 2.75) is 26.4 Å². The molecule has 1 amide bonds. The van der Waals surface area contributed by atoms with Crippen molar-refractivity contribution in [3.63, 3.8) is 0 Å². The molecule has 0 saturated carbocycles. The van der Waals surface area contributed by atoms with Gasteiger partial charge in [-0.05, 0) is 37.1 Å². The van der Waals surface area contributed by atoms with E-state index < -0.39 is 0 Å². The van der Waals surface area contributed by atoms with E-state index >= 15 is 0 Å². The minimum atomic E-state index is -0.0192. The third-order valence-corrected chi connectivity index (χ3v) is 4.93. The van der Waals surface area contributed by atoms with E-state index in [4.69, 9.17) is 4.99 Å². The van der Waals surface area contributed by atoms with Gasteiger partial charge in [0.25, 0.3) is 0 Å². The number of nitrogens with zero attached hydrogens (tertiary/aromatic N) is 4. The number of halogens is 1. The van der Waals surface area contributed by atoms with Gasteiger partial charge in [0.2, 0.25) is 5.91 Å². The van der Waals surface area contributed by atoms with Crippen LogP contribution in [0.15, 0.2) is 71.9 Å². The summed E-state index contributed by atoms with van der Waals surface area (Å²) >= 11 is 0. The maximum atomic E-state index is 12.1. The summed E-state index contributed by atoms with van der Waals surface area (Å²) in [6.45, 7) is 4.65. The van der Waals surface area contributed by atoms with Crippen LogP contribution in [0.4, 0.5) is 0 Å². The molecule has 1 atom stereocenters. The number of hydrogen-bond acceptors (Lipinski definition) is 3. The molecule has 7 nitrogen and oxygen atoms in total. The fourth-order valence-electron chi connectivity index (χ4n) is 3.08. The lowest BCUT2D eigenvalue weighted by molar-refractivity contribution is -0.127. The highest BCUT2D eigenvalue weighted by Crippen LogP contribution is 2.16. The highest BCUT2D eigenvalue weighted by molar-refractivity contribution is 14.0. The van der Waals surface area contributed by atoms with Crippen molar-refractivity contribution in [1.82, 2.24) is 25.3 Å². The van der Waals surface area contributed by atoms with Crippen LogP contribution in [-0.2, 0) is 11.3 Å². The zero-order chi connectivity index (χ0) is 22.2. The van der Waals surface area contributed by atoms with Crippen molar-refractivity contribution < 1.29 is 4.79 Å². The number of aliphatic imine (C=N–C) groups is 1. The highest BCUT2D eigenvalue weighted by Gasteiger charge is 2.11. The van der Waals surface area contributed by atoms with Gasteiger partial charge in [0.05, 0.1) is 30.5 Å². The number of rotatable bonds is 7. The van der Waals surface area contributed by atoms with Crippen LogP contribution in [0.2, 0.25) is 0 Å². The van der Waals surface area contributed by atoms with Crippen molar-refractivity contribution >= 4 is 35.8 Å². The monoisotopic (exact) mass is 546 g/mol. The molecule has 2 aromatic carbocycles. The molecule has 0 aliphatic heterocycles. The Labute approximate surface area is 206 Å². The van der Waals surface area contributed by atoms with Gasteiger partial charge in [0, 0.05) is 20.3 Å². The lowest BCUT2D eigenvalue weighted by atomic mass is 10.1. The number of guanidine groups is 1. The van der Waals surface area contributed by atoms with E-state index in [1.54, 1.807) is 19.0 Å². The highest BCUT2D eigenvalue weighted by atomic mass is 127. The molecule has 0 saturated heterocycles. The second kappa shape index (κ2) is 12.2. The summed E-state index contributed by atoms with van der Waals surface area (Å²) in [7, 11) is 3.48. The van der Waals surface area contributed by atoms with Crippen LogP contribution >= 0.6 is 24.0 Å². The zero-order valence-electron chi connectivity index (χ0n) is 18.9. The molecule has 1 aromatic heterocycles. The Morgan fingerprint density at radius 2 is 1.78 bits per heavy atom. The molecule has 3 rings (SSSR count). The number of nitrogens with one attached hydrogen (secondary N) is 2. The summed E-state index contributed by atoms with van der Waals surface area (Å²) < 4.78 is 1.86. The fraction of sp³-hybridized carbons (Fsp3) is 0.292. The van der Waals surface area contributed by atoms with Gasteiger partial charge in [0.15, 0.2) is 5.96 Å². The molecule has 0 aliphatic rings. The van der Waals surface area contributed by atoms with Crippen LogP contribution < -0.4 is 10.6 Å². The molecular formula is C24H31IN6O. The third kappa shape index (κ3) is 7.08. The average molecular weight is 546 g/mol. The minimum absolute atomic E-state index is 0. The number of aryl methyl sites for hydroxylation is 1. The molecule has 0 radical (unpaired) electrons. The van der Waals surface area contributed by atoms with Gasteiger partial charge in [-0.2, -0.15) is 5.10 Å². The molecule has 32 heavy (non-hydrogen) atoms. The molecule has 170 valence electrons. The van der Waals surface area contributed by atoms with E-state index in [1.807, 2.05) is 66.3 Å². The van der Waals surface area contributed by atoms with Gasteiger partial charge < -0.3 is 15.5 Å². The maximum Gasteiger partial charge on any atom is 0.241 e. The van der Waals surface area contributed by atoms with Gasteiger partial charge in [0.1, 0.15) is 0 Å². The number of carbonyl (C=O) groups is 1. The molecule has 0 aliphatic carbocycles. The molecule has 0 spiro atoms. The first-order valence-electron chi connectivity index (χ1n) is 10.3. The second-order valence-electron chi connectivity index (χ2n) is 7.61. The van der Waals surface area contributed by atoms with Crippen LogP contribution in [0.5, 0.6) is 0 Å². The average Bonchev–Trinajstić information content (AvgIpc) is 3.22. The molecule has 1 heterocycles. The van der Waals surface area contributed by atoms with Crippen molar-refractivity contribution in [2.75, 3.05) is 20.6 Å². The largest absolute Gasteiger partial charge is 0.350 e. The quantitative estimate of drug-likeness (QED) is 0.270. The SMILES string of the molecule is Cc1ccn(-c2ccccc2CN=C(NCC(=O)N(C)C)NC(C)c2ccccc2)n1.I. The summed E-state index contributed by atoms with van der Waals surface area (Å²) in [5.41, 5.74) is 4.13. The molecule has 3 aromatic rings. The summed E-state index contributed by atoms with van der Waals surface area (Å²) in [6.07, 6.45) is 1.95. The lowest BCUT2D eigenvalue weighted by Crippen LogP contribution is -2.43. The second-order valence-corrected chi connectivity index (χ2v) is 7.61. The van der Waals surface area contributed by atoms with Crippen LogP contribution in [-0.4, -0.2) is 47.2 Å². The summed E-state index contributed by atoms with van der Waals surface area (Å²) in [6, 6.07) is 20.2. The molecular weight excluding hydrogens is 515 g/mol. The molecule has 0 fully saturated rings. The van der Waals surface area contributed by atoms with Crippen LogP contribution in [0, 0.1) is 6.92 Å². The standard InChI is InChI=1S/C24H30N6O.HI/c1-18-14-15-30(28-18)22-13-9-8-12-21(22)16-25-24(26-17-23(31)29(3)4)27-19(2)20-10-6-5-7-11-20;/h5-15,19H,16-17H2,1-4H3,(H2,25,26,27);1H. The van der Waals surface area contributed by atoms with Crippen molar-refractivity contribution in [1.29, 1.82) is 0 Å². The number of likely N-dealkylation sites (N-methyl/N-ethyl adjacent to an activating group) is 1. The summed E-state index contributed by atoms with van der Waals surface area (Å²) in [5, 5.41) is 11.1. The number of benzene rings is 2. The van der Waals surface area contributed by atoms with E-state index in [0.29, 0.717) is 12.5 Å². The zero-order valence-corrected chi connectivity index (χ0v) is 21.3. The number of amides is 1. The van der Waals surface area contributed by atoms with Crippen LogP contribution in [0.3, 0.4) is 0 Å². The molecule has 1 unspecified atom stereocenters. The third-order valence-electron chi connectivity index (χ3n) is 4.93. The van der Waals surface area contributed by atoms with E-state index in [0.717, 1.165) is 22.5 Å². The van der Waals surface area contributed by atoms with Gasteiger partial charge in [-0.15, -0.1) is 24.0 Å². The van der Waals surface area contributed by atoms with Crippen molar-refractivity contribution in [2.24, 2.45) is 4.99 Å². The Balaban J connectivity index is 0.00000363. The van der Waals surface area contributed by atoms with Crippen LogP contribution in [0.1, 0.15) is 29.8 Å². The normalized spacial score (nSPS) is 11.9. The Morgan fingerprint density at radius 3 is 2.44 bits per heavy atom. The Kier molecular flexibility index (Phi) is 9.70. The number of aromatic nitrogens is 2. The van der Waals surface area contributed by atoms with Crippen molar-refractivity contribution in [3.8, 4) is 5.69 Å². The first kappa shape index (κ1) is 25.4. The van der Waals surface area contributed by atoms with Gasteiger partial charge in [-0.3, -0.25) is 4.79 Å². The summed E-state index contributed by atoms with van der Waals surface area (Å²) in [4.78, 5) is 18.4. The van der Waals surface area contributed by atoms with Gasteiger partial charge in [-0.1, -0.05) is 48.5 Å². The van der Waals surface area contributed by atoms with Crippen LogP contribution in [0.25, 0.3) is 5.69 Å². The number of hydrogen-bond donors (Lipinski definition) is 2. The van der Waals surface area contributed by atoms with E-state index in [9.17, 15) is 4.79 Å². The predicted octanol–water partition coefficient (Wildman–Crippen LogP) is 3.68. The Hall–Kier alpha value is -2.88. The fourth-order valence-corrected chi connectivity index (χ4v) is 3.08. The maximum absolute atomic E-state index is 12.1. The minimum Gasteiger partial charge on any atom is -0.350 e. The van der Waals surface area contributed by atoms with Gasteiger partial charge in [-0.25, -0.2) is 9.67 Å². The Morgan fingerprint density at radius 1 is 1.09 bits per heavy atom. The summed E-state index contributed by atoms with van der Waals surface area (Å²) in [5.74, 6) is 0.562.